The van der Waals surface area contributed by atoms with Crippen molar-refractivity contribution in [1.82, 2.24) is 10.6 Å². The predicted octanol–water partition coefficient (Wildman–Crippen LogP) is 1.55. The topological polar surface area (TPSA) is 98.7 Å². The molecule has 1 aromatic rings. The zero-order valence-corrected chi connectivity index (χ0v) is 13.2. The molecule has 0 spiro atoms. The van der Waals surface area contributed by atoms with Gasteiger partial charge in [-0.3, -0.25) is 9.36 Å². The van der Waals surface area contributed by atoms with Crippen LogP contribution in [0.15, 0.2) is 16.8 Å². The van der Waals surface area contributed by atoms with Crippen LogP contribution in [0.2, 0.25) is 0 Å². The summed E-state index contributed by atoms with van der Waals surface area (Å²) in [5.41, 5.74) is 0.430. The standard InChI is InChI=1S/C11H17N2O4PS.ClH/c14-10(8-4-6-19-7-8)13-11(18(15,16)17)9-3-1-2-5-12-9;/h4,6-7,9,11-12H,1-3,5H2,(H,13,14)(H2,15,16,17);1H. The second-order valence-electron chi connectivity index (χ2n) is 4.58. The highest BCUT2D eigenvalue weighted by Crippen LogP contribution is 2.42. The van der Waals surface area contributed by atoms with Crippen molar-refractivity contribution in [2.45, 2.75) is 31.1 Å². The lowest BCUT2D eigenvalue weighted by atomic mass is 10.0. The molecule has 6 nitrogen and oxygen atoms in total. The zero-order valence-electron chi connectivity index (χ0n) is 10.7. The first-order chi connectivity index (χ1) is 8.98. The van der Waals surface area contributed by atoms with Crippen LogP contribution < -0.4 is 10.6 Å². The molecule has 114 valence electrons. The van der Waals surface area contributed by atoms with Gasteiger partial charge in [0.25, 0.3) is 5.91 Å². The van der Waals surface area contributed by atoms with Crippen molar-refractivity contribution in [2.24, 2.45) is 0 Å². The Morgan fingerprint density at radius 1 is 1.50 bits per heavy atom. The second-order valence-corrected chi connectivity index (χ2v) is 7.09. The van der Waals surface area contributed by atoms with E-state index in [1.165, 1.54) is 11.3 Å². The fourth-order valence-electron chi connectivity index (χ4n) is 2.18. The molecule has 2 rings (SSSR count). The minimum atomic E-state index is -4.39. The summed E-state index contributed by atoms with van der Waals surface area (Å²) in [6, 6.07) is 1.25. The summed E-state index contributed by atoms with van der Waals surface area (Å²) in [4.78, 5) is 30.8. The average Bonchev–Trinajstić information content (AvgIpc) is 2.89. The normalized spacial score (nSPS) is 20.8. The Hall–Kier alpha value is -0.430. The maximum atomic E-state index is 11.9. The summed E-state index contributed by atoms with van der Waals surface area (Å²) in [5, 5.41) is 8.95. The molecule has 1 fully saturated rings. The first-order valence-corrected chi connectivity index (χ1v) is 8.72. The molecule has 1 aromatic heterocycles. The maximum Gasteiger partial charge on any atom is 0.349 e. The van der Waals surface area contributed by atoms with Crippen LogP contribution in [-0.4, -0.2) is 34.1 Å². The van der Waals surface area contributed by atoms with Crippen LogP contribution in [0.1, 0.15) is 29.6 Å². The monoisotopic (exact) mass is 340 g/mol. The second kappa shape index (κ2) is 7.54. The minimum Gasteiger partial charge on any atom is -0.337 e. The van der Waals surface area contributed by atoms with Gasteiger partial charge >= 0.3 is 7.60 Å². The molecule has 1 saturated heterocycles. The third kappa shape index (κ3) is 4.55. The molecule has 0 aliphatic carbocycles. The predicted molar refractivity (Wildman–Crippen MR) is 80.5 cm³/mol. The molecule has 0 saturated carbocycles. The molecule has 1 aliphatic rings. The van der Waals surface area contributed by atoms with Gasteiger partial charge in [-0.05, 0) is 30.8 Å². The molecule has 2 heterocycles. The molecular weight excluding hydrogens is 323 g/mol. The number of hydrogen-bond donors (Lipinski definition) is 4. The van der Waals surface area contributed by atoms with Crippen LogP contribution in [0.25, 0.3) is 0 Å². The number of amides is 1. The van der Waals surface area contributed by atoms with E-state index in [4.69, 9.17) is 0 Å². The number of carbonyl (C=O) groups is 1. The van der Waals surface area contributed by atoms with E-state index in [1.807, 2.05) is 0 Å². The highest BCUT2D eigenvalue weighted by Gasteiger charge is 2.38. The van der Waals surface area contributed by atoms with Crippen LogP contribution in [0.5, 0.6) is 0 Å². The largest absolute Gasteiger partial charge is 0.349 e. The van der Waals surface area contributed by atoms with E-state index < -0.39 is 19.3 Å². The Morgan fingerprint density at radius 2 is 2.25 bits per heavy atom. The lowest BCUT2D eigenvalue weighted by Gasteiger charge is -2.32. The van der Waals surface area contributed by atoms with Crippen LogP contribution in [-0.2, 0) is 4.57 Å². The van der Waals surface area contributed by atoms with Crippen LogP contribution in [0.4, 0.5) is 0 Å². The molecule has 20 heavy (non-hydrogen) atoms. The molecule has 1 aliphatic heterocycles. The van der Waals surface area contributed by atoms with Crippen molar-refractivity contribution in [1.29, 1.82) is 0 Å². The zero-order chi connectivity index (χ0) is 13.9. The van der Waals surface area contributed by atoms with Gasteiger partial charge in [-0.1, -0.05) is 6.42 Å². The van der Waals surface area contributed by atoms with E-state index in [0.29, 0.717) is 12.0 Å². The summed E-state index contributed by atoms with van der Waals surface area (Å²) < 4.78 is 11.6. The Kier molecular flexibility index (Phi) is 6.64. The van der Waals surface area contributed by atoms with E-state index >= 15 is 0 Å². The van der Waals surface area contributed by atoms with Crippen molar-refractivity contribution in [2.75, 3.05) is 6.54 Å². The van der Waals surface area contributed by atoms with Gasteiger partial charge in [0.1, 0.15) is 5.78 Å². The quantitative estimate of drug-likeness (QED) is 0.623. The summed E-state index contributed by atoms with van der Waals surface area (Å²) in [6.07, 6.45) is 2.55. The molecule has 0 radical (unpaired) electrons. The highest BCUT2D eigenvalue weighted by atomic mass is 35.5. The number of nitrogens with one attached hydrogen (secondary N) is 2. The number of thiophene rings is 1. The molecule has 9 heteroatoms. The van der Waals surface area contributed by atoms with Crippen molar-refractivity contribution in [3.05, 3.63) is 22.4 Å². The molecule has 2 atom stereocenters. The van der Waals surface area contributed by atoms with Crippen LogP contribution >= 0.6 is 31.3 Å². The van der Waals surface area contributed by atoms with Crippen molar-refractivity contribution in [3.8, 4) is 0 Å². The van der Waals surface area contributed by atoms with Gasteiger partial charge in [-0.25, -0.2) is 0 Å². The van der Waals surface area contributed by atoms with Crippen LogP contribution in [0.3, 0.4) is 0 Å². The van der Waals surface area contributed by atoms with E-state index in [1.54, 1.807) is 16.8 Å². The van der Waals surface area contributed by atoms with Gasteiger partial charge in [0.15, 0.2) is 0 Å². The van der Waals surface area contributed by atoms with Gasteiger partial charge in [0, 0.05) is 11.4 Å². The molecule has 1 amide bonds. The summed E-state index contributed by atoms with van der Waals surface area (Å²) in [7, 11) is -4.39. The highest BCUT2D eigenvalue weighted by molar-refractivity contribution is 7.52. The molecule has 2 unspecified atom stereocenters. The van der Waals surface area contributed by atoms with Gasteiger partial charge in [0.2, 0.25) is 0 Å². The lowest BCUT2D eigenvalue weighted by molar-refractivity contribution is 0.0933. The molecule has 0 aromatic carbocycles. The summed E-state index contributed by atoms with van der Waals surface area (Å²) >= 11 is 1.37. The number of hydrogen-bond acceptors (Lipinski definition) is 4. The van der Waals surface area contributed by atoms with E-state index in [-0.39, 0.29) is 18.4 Å². The average molecular weight is 341 g/mol. The number of carbonyl (C=O) groups excluding carboxylic acids is 1. The number of rotatable bonds is 4. The third-order valence-corrected chi connectivity index (χ3v) is 5.05. The summed E-state index contributed by atoms with van der Waals surface area (Å²) in [5.74, 6) is -1.61. The minimum absolute atomic E-state index is 0. The first kappa shape index (κ1) is 17.6. The molecule has 0 bridgehead atoms. The number of piperidine rings is 1. The van der Waals surface area contributed by atoms with Crippen molar-refractivity contribution < 1.29 is 19.1 Å². The van der Waals surface area contributed by atoms with Gasteiger partial charge in [-0.15, -0.1) is 12.4 Å². The first-order valence-electron chi connectivity index (χ1n) is 6.10. The Balaban J connectivity index is 0.00000200. The Labute approximate surface area is 127 Å². The lowest BCUT2D eigenvalue weighted by Crippen LogP contribution is -2.51. The van der Waals surface area contributed by atoms with Gasteiger partial charge in [0.05, 0.1) is 5.56 Å². The third-order valence-electron chi connectivity index (χ3n) is 3.15. The fourth-order valence-corrected chi connectivity index (χ4v) is 3.82. The summed E-state index contributed by atoms with van der Waals surface area (Å²) in [6.45, 7) is 0.718. The van der Waals surface area contributed by atoms with Gasteiger partial charge in [-0.2, -0.15) is 11.3 Å². The van der Waals surface area contributed by atoms with E-state index in [0.717, 1.165) is 19.4 Å². The van der Waals surface area contributed by atoms with Crippen LogP contribution in [0, 0.1) is 0 Å². The fraction of sp³-hybridized carbons (Fsp3) is 0.545. The Bertz CT molecular complexity index is 473. The number of halogens is 1. The smallest absolute Gasteiger partial charge is 0.337 e. The van der Waals surface area contributed by atoms with E-state index in [9.17, 15) is 19.1 Å². The molecule has 4 N–H and O–H groups in total. The van der Waals surface area contributed by atoms with Crippen molar-refractivity contribution in [3.63, 3.8) is 0 Å². The van der Waals surface area contributed by atoms with E-state index in [2.05, 4.69) is 10.6 Å². The van der Waals surface area contributed by atoms with Crippen molar-refractivity contribution >= 4 is 37.2 Å². The SMILES string of the molecule is Cl.O=C(NC(C1CCCCN1)P(=O)(O)O)c1ccsc1. The molecular formula is C11H18ClN2O4PS. The Morgan fingerprint density at radius 3 is 2.75 bits per heavy atom. The maximum absolute atomic E-state index is 11.9. The van der Waals surface area contributed by atoms with Gasteiger partial charge < -0.3 is 20.4 Å².